The number of amides is 1. The summed E-state index contributed by atoms with van der Waals surface area (Å²) in [6, 6.07) is 14.7. The van der Waals surface area contributed by atoms with Gasteiger partial charge in [0.1, 0.15) is 0 Å². The van der Waals surface area contributed by atoms with E-state index in [1.165, 1.54) is 0 Å². The molecule has 1 aliphatic rings. The third-order valence-corrected chi connectivity index (χ3v) is 4.10. The smallest absolute Gasteiger partial charge is 0.259 e. The molecule has 0 atom stereocenters. The molecule has 0 spiro atoms. The molecule has 0 aliphatic heterocycles. The number of carbonyl (C=O) groups is 1. The van der Waals surface area contributed by atoms with Gasteiger partial charge in [0.2, 0.25) is 5.82 Å². The number of nitrogens with one attached hydrogen (secondary N) is 1. The van der Waals surface area contributed by atoms with Gasteiger partial charge < -0.3 is 9.84 Å². The molecule has 1 aliphatic carbocycles. The third-order valence-electron chi connectivity index (χ3n) is 3.84. The molecule has 1 aromatic heterocycles. The van der Waals surface area contributed by atoms with Crippen molar-refractivity contribution in [2.24, 2.45) is 0 Å². The van der Waals surface area contributed by atoms with Gasteiger partial charge in [-0.1, -0.05) is 28.9 Å². The Bertz CT molecular complexity index is 885. The Hall–Kier alpha value is -2.66. The number of aromatic nitrogens is 2. The zero-order valence-electron chi connectivity index (χ0n) is 12.7. The van der Waals surface area contributed by atoms with Crippen molar-refractivity contribution in [3.05, 3.63) is 59.1 Å². The largest absolute Gasteiger partial charge is 0.349 e. The average Bonchev–Trinajstić information content (AvgIpc) is 3.28. The number of carbonyl (C=O) groups excluding carboxylic acids is 1. The van der Waals surface area contributed by atoms with E-state index in [1.54, 1.807) is 24.3 Å². The van der Waals surface area contributed by atoms with Crippen molar-refractivity contribution in [2.45, 2.75) is 18.9 Å². The molecule has 5 nitrogen and oxygen atoms in total. The lowest BCUT2D eigenvalue weighted by molar-refractivity contribution is 0.0951. The quantitative estimate of drug-likeness (QED) is 0.781. The highest BCUT2D eigenvalue weighted by Gasteiger charge is 2.26. The maximum Gasteiger partial charge on any atom is 0.259 e. The number of nitrogens with zero attached hydrogens (tertiary/aromatic N) is 2. The Morgan fingerprint density at radius 1 is 1.12 bits per heavy atom. The van der Waals surface area contributed by atoms with Crippen LogP contribution in [0.2, 0.25) is 5.02 Å². The Balaban J connectivity index is 1.67. The SMILES string of the molecule is O=C(NC1CC1)c1ccccc1-c1nc(-c2ccc(Cl)cc2)no1. The lowest BCUT2D eigenvalue weighted by Gasteiger charge is -2.06. The van der Waals surface area contributed by atoms with E-state index < -0.39 is 0 Å². The van der Waals surface area contributed by atoms with Gasteiger partial charge in [-0.2, -0.15) is 4.98 Å². The monoisotopic (exact) mass is 339 g/mol. The molecule has 0 radical (unpaired) electrons. The number of hydrogen-bond donors (Lipinski definition) is 1. The van der Waals surface area contributed by atoms with Crippen LogP contribution in [0.15, 0.2) is 53.1 Å². The van der Waals surface area contributed by atoms with Gasteiger partial charge in [-0.25, -0.2) is 0 Å². The van der Waals surface area contributed by atoms with Crippen molar-refractivity contribution in [3.8, 4) is 22.8 Å². The Kier molecular flexibility index (Phi) is 3.78. The van der Waals surface area contributed by atoms with E-state index in [0.717, 1.165) is 18.4 Å². The highest BCUT2D eigenvalue weighted by atomic mass is 35.5. The van der Waals surface area contributed by atoms with Gasteiger partial charge in [-0.3, -0.25) is 4.79 Å². The first-order valence-electron chi connectivity index (χ1n) is 7.70. The van der Waals surface area contributed by atoms with Crippen LogP contribution in [0.3, 0.4) is 0 Å². The van der Waals surface area contributed by atoms with E-state index >= 15 is 0 Å². The number of rotatable bonds is 4. The van der Waals surface area contributed by atoms with Gasteiger partial charge in [0.15, 0.2) is 0 Å². The topological polar surface area (TPSA) is 68.0 Å². The first-order valence-corrected chi connectivity index (χ1v) is 8.08. The third kappa shape index (κ3) is 3.03. The Morgan fingerprint density at radius 2 is 1.88 bits per heavy atom. The Labute approximate surface area is 143 Å². The molecule has 1 heterocycles. The van der Waals surface area contributed by atoms with E-state index in [4.69, 9.17) is 16.1 Å². The van der Waals surface area contributed by atoms with Crippen LogP contribution in [0, 0.1) is 0 Å². The predicted octanol–water partition coefficient (Wildman–Crippen LogP) is 3.95. The van der Waals surface area contributed by atoms with Crippen molar-refractivity contribution >= 4 is 17.5 Å². The summed E-state index contributed by atoms with van der Waals surface area (Å²) in [4.78, 5) is 16.8. The van der Waals surface area contributed by atoms with E-state index in [2.05, 4.69) is 15.5 Å². The minimum Gasteiger partial charge on any atom is -0.349 e. The van der Waals surface area contributed by atoms with Crippen LogP contribution in [0.1, 0.15) is 23.2 Å². The summed E-state index contributed by atoms with van der Waals surface area (Å²) >= 11 is 5.89. The maximum atomic E-state index is 12.4. The molecular weight excluding hydrogens is 326 g/mol. The molecule has 1 amide bonds. The minimum absolute atomic E-state index is 0.112. The van der Waals surface area contributed by atoms with Crippen molar-refractivity contribution in [3.63, 3.8) is 0 Å². The van der Waals surface area contributed by atoms with Crippen molar-refractivity contribution in [1.82, 2.24) is 15.5 Å². The summed E-state index contributed by atoms with van der Waals surface area (Å²) in [5, 5.41) is 7.63. The molecule has 0 unspecified atom stereocenters. The average molecular weight is 340 g/mol. The van der Waals surface area contributed by atoms with Gasteiger partial charge in [0, 0.05) is 16.6 Å². The van der Waals surface area contributed by atoms with Crippen LogP contribution < -0.4 is 5.32 Å². The van der Waals surface area contributed by atoms with Crippen LogP contribution in [-0.4, -0.2) is 22.1 Å². The van der Waals surface area contributed by atoms with Gasteiger partial charge in [-0.05, 0) is 49.2 Å². The van der Waals surface area contributed by atoms with E-state index in [1.807, 2.05) is 24.3 Å². The molecule has 1 saturated carbocycles. The number of halogens is 1. The molecule has 6 heteroatoms. The van der Waals surface area contributed by atoms with Gasteiger partial charge in [0.05, 0.1) is 11.1 Å². The molecule has 2 aromatic carbocycles. The normalized spacial score (nSPS) is 13.7. The summed E-state index contributed by atoms with van der Waals surface area (Å²) in [6.45, 7) is 0. The molecule has 0 bridgehead atoms. The molecule has 120 valence electrons. The molecule has 4 rings (SSSR count). The second-order valence-corrected chi connectivity index (χ2v) is 6.16. The highest BCUT2D eigenvalue weighted by Crippen LogP contribution is 2.27. The summed E-state index contributed by atoms with van der Waals surface area (Å²) < 4.78 is 5.37. The summed E-state index contributed by atoms with van der Waals surface area (Å²) in [5.41, 5.74) is 1.97. The highest BCUT2D eigenvalue weighted by molar-refractivity contribution is 6.30. The molecule has 1 fully saturated rings. The second-order valence-electron chi connectivity index (χ2n) is 5.72. The zero-order valence-corrected chi connectivity index (χ0v) is 13.5. The van der Waals surface area contributed by atoms with Crippen molar-refractivity contribution in [2.75, 3.05) is 0 Å². The van der Waals surface area contributed by atoms with Gasteiger partial charge >= 0.3 is 0 Å². The fraction of sp³-hybridized carbons (Fsp3) is 0.167. The van der Waals surface area contributed by atoms with E-state index in [-0.39, 0.29) is 11.9 Å². The van der Waals surface area contributed by atoms with Crippen LogP contribution in [0.25, 0.3) is 22.8 Å². The van der Waals surface area contributed by atoms with Crippen LogP contribution in [-0.2, 0) is 0 Å². The van der Waals surface area contributed by atoms with Gasteiger partial charge in [-0.15, -0.1) is 0 Å². The zero-order chi connectivity index (χ0) is 16.5. The van der Waals surface area contributed by atoms with Crippen molar-refractivity contribution in [1.29, 1.82) is 0 Å². The maximum absolute atomic E-state index is 12.4. The predicted molar refractivity (Wildman–Crippen MR) is 90.7 cm³/mol. The lowest BCUT2D eigenvalue weighted by atomic mass is 10.1. The van der Waals surface area contributed by atoms with E-state index in [0.29, 0.717) is 27.9 Å². The van der Waals surface area contributed by atoms with Crippen LogP contribution in [0.4, 0.5) is 0 Å². The molecular formula is C18H14ClN3O2. The Morgan fingerprint density at radius 3 is 2.62 bits per heavy atom. The first kappa shape index (κ1) is 14.9. The minimum atomic E-state index is -0.112. The first-order chi connectivity index (χ1) is 11.7. The number of benzene rings is 2. The fourth-order valence-corrected chi connectivity index (χ4v) is 2.53. The summed E-state index contributed by atoms with van der Waals surface area (Å²) in [6.07, 6.45) is 2.07. The summed E-state index contributed by atoms with van der Waals surface area (Å²) in [7, 11) is 0. The fourth-order valence-electron chi connectivity index (χ4n) is 2.41. The molecule has 0 saturated heterocycles. The van der Waals surface area contributed by atoms with Crippen LogP contribution >= 0.6 is 11.6 Å². The standard InChI is InChI=1S/C18H14ClN3O2/c19-12-7-5-11(6-8-12)16-21-18(24-22-16)15-4-2-1-3-14(15)17(23)20-13-9-10-13/h1-8,13H,9-10H2,(H,20,23). The van der Waals surface area contributed by atoms with Crippen LogP contribution in [0.5, 0.6) is 0 Å². The molecule has 3 aromatic rings. The number of hydrogen-bond acceptors (Lipinski definition) is 4. The molecule has 24 heavy (non-hydrogen) atoms. The molecule has 1 N–H and O–H groups in total. The van der Waals surface area contributed by atoms with E-state index in [9.17, 15) is 4.79 Å². The summed E-state index contributed by atoms with van der Waals surface area (Å²) in [5.74, 6) is 0.667. The lowest BCUT2D eigenvalue weighted by Crippen LogP contribution is -2.25. The van der Waals surface area contributed by atoms with Gasteiger partial charge in [0.25, 0.3) is 11.8 Å². The second kappa shape index (κ2) is 6.09. The van der Waals surface area contributed by atoms with Crippen molar-refractivity contribution < 1.29 is 9.32 Å².